The Balaban J connectivity index is 2.09. The third-order valence-corrected chi connectivity index (χ3v) is 4.71. The lowest BCUT2D eigenvalue weighted by Crippen LogP contribution is -2.30. The van der Waals surface area contributed by atoms with Crippen molar-refractivity contribution in [2.45, 2.75) is 12.8 Å². The molecule has 2 aromatic rings. The fraction of sp³-hybridized carbons (Fsp3) is 0.100. The average molecular weight is 392 g/mol. The summed E-state index contributed by atoms with van der Waals surface area (Å²) in [4.78, 5) is 23.7. The maximum absolute atomic E-state index is 13.0. The molecule has 0 saturated heterocycles. The lowest BCUT2D eigenvalue weighted by atomic mass is 9.82. The average Bonchev–Trinajstić information content (AvgIpc) is 2.68. The topological polar surface area (TPSA) is 108 Å². The van der Waals surface area contributed by atoms with Crippen molar-refractivity contribution in [2.75, 3.05) is 5.32 Å². The van der Waals surface area contributed by atoms with Gasteiger partial charge in [0, 0.05) is 29.1 Å². The van der Waals surface area contributed by atoms with Gasteiger partial charge in [0.05, 0.1) is 27.5 Å². The van der Waals surface area contributed by atoms with Crippen LogP contribution in [0.15, 0.2) is 76.5 Å². The Morgan fingerprint density at radius 3 is 2.61 bits per heavy atom. The summed E-state index contributed by atoms with van der Waals surface area (Å²) in [6, 6.07) is 16.9. The zero-order valence-electron chi connectivity index (χ0n) is 14.8. The van der Waals surface area contributed by atoms with Gasteiger partial charge in [0.2, 0.25) is 0 Å². The molecule has 140 valence electrons. The van der Waals surface area contributed by atoms with Gasteiger partial charge in [-0.2, -0.15) is 5.26 Å². The molecule has 0 aromatic heterocycles. The Labute approximate surface area is 166 Å². The Hall–Kier alpha value is -3.57. The standard InChI is InChI=1S/C20H16N4O3S/c1-12-17(19(25)23-14-7-3-2-4-8-14)18(16(11-21)20(28)22-12)13-6-5-9-15(10-13)24(26)27/h2-10,18,22,28H,1H3,(H,23,25)/t18-/m1/s1. The van der Waals surface area contributed by atoms with Crippen LogP contribution in [0.4, 0.5) is 11.4 Å². The van der Waals surface area contributed by atoms with E-state index in [9.17, 15) is 20.2 Å². The van der Waals surface area contributed by atoms with Crippen molar-refractivity contribution >= 4 is 29.9 Å². The minimum absolute atomic E-state index is 0.116. The molecule has 28 heavy (non-hydrogen) atoms. The summed E-state index contributed by atoms with van der Waals surface area (Å²) in [7, 11) is 0. The third kappa shape index (κ3) is 3.75. The number of thiol groups is 1. The van der Waals surface area contributed by atoms with Crippen LogP contribution in [0.3, 0.4) is 0 Å². The van der Waals surface area contributed by atoms with Crippen LogP contribution >= 0.6 is 12.6 Å². The van der Waals surface area contributed by atoms with Crippen molar-refractivity contribution in [3.05, 3.63) is 92.1 Å². The predicted molar refractivity (Wildman–Crippen MR) is 108 cm³/mol. The number of carbonyl (C=O) groups excluding carboxylic acids is 1. The minimum Gasteiger partial charge on any atom is -0.353 e. The first kappa shape index (κ1) is 19.2. The molecule has 0 unspecified atom stereocenters. The Kier molecular flexibility index (Phi) is 5.47. The largest absolute Gasteiger partial charge is 0.353 e. The van der Waals surface area contributed by atoms with Gasteiger partial charge in [-0.15, -0.1) is 12.6 Å². The summed E-state index contributed by atoms with van der Waals surface area (Å²) >= 11 is 4.33. The van der Waals surface area contributed by atoms with Gasteiger partial charge in [-0.05, 0) is 24.6 Å². The van der Waals surface area contributed by atoms with Crippen LogP contribution in [-0.4, -0.2) is 10.8 Å². The van der Waals surface area contributed by atoms with E-state index in [-0.39, 0.29) is 11.3 Å². The number of non-ortho nitro benzene ring substituents is 1. The van der Waals surface area contributed by atoms with Gasteiger partial charge in [0.1, 0.15) is 0 Å². The van der Waals surface area contributed by atoms with Gasteiger partial charge in [-0.25, -0.2) is 0 Å². The van der Waals surface area contributed by atoms with E-state index in [0.717, 1.165) is 0 Å². The van der Waals surface area contributed by atoms with E-state index in [0.29, 0.717) is 27.6 Å². The molecule has 1 atom stereocenters. The second-order valence-corrected chi connectivity index (χ2v) is 6.59. The second kappa shape index (κ2) is 7.98. The number of dihydropyridines is 1. The van der Waals surface area contributed by atoms with Crippen LogP contribution in [0, 0.1) is 21.4 Å². The molecule has 2 aromatic carbocycles. The molecule has 2 N–H and O–H groups in total. The Bertz CT molecular complexity index is 1050. The molecule has 0 bridgehead atoms. The number of carbonyl (C=O) groups is 1. The molecule has 1 aliphatic rings. The van der Waals surface area contributed by atoms with Gasteiger partial charge in [0.15, 0.2) is 0 Å². The molecular weight excluding hydrogens is 376 g/mol. The molecule has 0 radical (unpaired) electrons. The number of benzene rings is 2. The third-order valence-electron chi connectivity index (χ3n) is 4.35. The lowest BCUT2D eigenvalue weighted by molar-refractivity contribution is -0.384. The number of nitro benzene ring substituents is 1. The highest BCUT2D eigenvalue weighted by Crippen LogP contribution is 2.39. The summed E-state index contributed by atoms with van der Waals surface area (Å²) < 4.78 is 0. The van der Waals surface area contributed by atoms with Crippen molar-refractivity contribution in [1.82, 2.24) is 5.32 Å². The molecule has 0 aliphatic carbocycles. The van der Waals surface area contributed by atoms with Crippen LogP contribution in [-0.2, 0) is 4.79 Å². The van der Waals surface area contributed by atoms with Crippen LogP contribution in [0.25, 0.3) is 0 Å². The number of anilines is 1. The van der Waals surface area contributed by atoms with Gasteiger partial charge in [-0.3, -0.25) is 14.9 Å². The zero-order valence-corrected chi connectivity index (χ0v) is 15.7. The first-order chi connectivity index (χ1) is 13.4. The van der Waals surface area contributed by atoms with Crippen molar-refractivity contribution in [1.29, 1.82) is 5.26 Å². The van der Waals surface area contributed by atoms with Crippen molar-refractivity contribution < 1.29 is 9.72 Å². The molecule has 1 aliphatic heterocycles. The van der Waals surface area contributed by atoms with Gasteiger partial charge in [-0.1, -0.05) is 30.3 Å². The Morgan fingerprint density at radius 2 is 1.96 bits per heavy atom. The quantitative estimate of drug-likeness (QED) is 0.416. The number of allylic oxidation sites excluding steroid dienone is 2. The smallest absolute Gasteiger partial charge is 0.269 e. The molecule has 0 spiro atoms. The van der Waals surface area contributed by atoms with Crippen molar-refractivity contribution in [3.63, 3.8) is 0 Å². The summed E-state index contributed by atoms with van der Waals surface area (Å²) in [6.45, 7) is 1.70. The molecule has 0 fully saturated rings. The van der Waals surface area contributed by atoms with Crippen LogP contribution in [0.1, 0.15) is 18.4 Å². The molecule has 7 nitrogen and oxygen atoms in total. The number of nitro groups is 1. The van der Waals surface area contributed by atoms with Gasteiger partial charge >= 0.3 is 0 Å². The van der Waals surface area contributed by atoms with E-state index in [1.54, 1.807) is 37.3 Å². The summed E-state index contributed by atoms with van der Waals surface area (Å²) in [5.74, 6) is -1.18. The molecule has 0 saturated carbocycles. The fourth-order valence-electron chi connectivity index (χ4n) is 3.10. The molecule has 1 amide bonds. The van der Waals surface area contributed by atoms with E-state index in [2.05, 4.69) is 29.3 Å². The zero-order chi connectivity index (χ0) is 20.3. The van der Waals surface area contributed by atoms with Crippen LogP contribution in [0.5, 0.6) is 0 Å². The first-order valence-corrected chi connectivity index (χ1v) is 8.79. The number of hydrogen-bond acceptors (Lipinski definition) is 6. The highest BCUT2D eigenvalue weighted by molar-refractivity contribution is 7.84. The summed E-state index contributed by atoms with van der Waals surface area (Å²) in [5.41, 5.74) is 2.00. The molecule has 8 heteroatoms. The number of hydrogen-bond donors (Lipinski definition) is 3. The number of rotatable bonds is 4. The number of nitrogens with zero attached hydrogens (tertiary/aromatic N) is 2. The van der Waals surface area contributed by atoms with Crippen molar-refractivity contribution in [2.24, 2.45) is 0 Å². The summed E-state index contributed by atoms with van der Waals surface area (Å²) in [5, 5.41) is 26.9. The fourth-order valence-corrected chi connectivity index (χ4v) is 3.45. The number of nitrogens with one attached hydrogen (secondary N) is 2. The Morgan fingerprint density at radius 1 is 1.25 bits per heavy atom. The number of amides is 1. The maximum Gasteiger partial charge on any atom is 0.269 e. The first-order valence-electron chi connectivity index (χ1n) is 8.34. The van der Waals surface area contributed by atoms with E-state index < -0.39 is 16.7 Å². The van der Waals surface area contributed by atoms with E-state index in [1.165, 1.54) is 18.2 Å². The summed E-state index contributed by atoms with van der Waals surface area (Å²) in [6.07, 6.45) is 0. The highest BCUT2D eigenvalue weighted by Gasteiger charge is 2.34. The molecule has 3 rings (SSSR count). The van der Waals surface area contributed by atoms with Gasteiger partial charge in [0.25, 0.3) is 11.6 Å². The minimum atomic E-state index is -0.776. The maximum atomic E-state index is 13.0. The second-order valence-electron chi connectivity index (χ2n) is 6.14. The molecule has 1 heterocycles. The number of nitriles is 1. The molecular formula is C20H16N4O3S. The van der Waals surface area contributed by atoms with Gasteiger partial charge < -0.3 is 10.6 Å². The van der Waals surface area contributed by atoms with E-state index >= 15 is 0 Å². The normalized spacial score (nSPS) is 16.2. The SMILES string of the molecule is CC1=C(C(=O)Nc2ccccc2)[C@H](c2cccc([N+](=O)[O-])c2)C(C#N)=C(S)N1. The van der Waals surface area contributed by atoms with Crippen molar-refractivity contribution in [3.8, 4) is 6.07 Å². The van der Waals surface area contributed by atoms with E-state index in [1.807, 2.05) is 6.07 Å². The van der Waals surface area contributed by atoms with E-state index in [4.69, 9.17) is 0 Å². The monoisotopic (exact) mass is 392 g/mol. The number of para-hydroxylation sites is 1. The van der Waals surface area contributed by atoms with Crippen LogP contribution in [0.2, 0.25) is 0 Å². The predicted octanol–water partition coefficient (Wildman–Crippen LogP) is 3.86. The lowest BCUT2D eigenvalue weighted by Gasteiger charge is -2.28. The van der Waals surface area contributed by atoms with Crippen LogP contribution < -0.4 is 10.6 Å². The highest BCUT2D eigenvalue weighted by atomic mass is 32.1.